The summed E-state index contributed by atoms with van der Waals surface area (Å²) in [5.74, 6) is -1.11. The van der Waals surface area contributed by atoms with Crippen molar-refractivity contribution in [1.29, 1.82) is 0 Å². The van der Waals surface area contributed by atoms with Crippen LogP contribution in [0.2, 0.25) is 5.02 Å². The maximum atomic E-state index is 14.2. The summed E-state index contributed by atoms with van der Waals surface area (Å²) in [5, 5.41) is 7.05. The summed E-state index contributed by atoms with van der Waals surface area (Å²) in [6.45, 7) is 4.91. The fourth-order valence-corrected chi connectivity index (χ4v) is 6.33. The summed E-state index contributed by atoms with van der Waals surface area (Å²) in [5.41, 5.74) is 1.51. The molecule has 5 rings (SSSR count). The predicted molar refractivity (Wildman–Crippen MR) is 158 cm³/mol. The van der Waals surface area contributed by atoms with Gasteiger partial charge in [-0.15, -0.1) is 0 Å². The molecule has 0 radical (unpaired) electrons. The lowest BCUT2D eigenvalue weighted by atomic mass is 9.76. The predicted octanol–water partition coefficient (Wildman–Crippen LogP) is 5.58. The normalized spacial score (nSPS) is 23.8. The van der Waals surface area contributed by atoms with Crippen molar-refractivity contribution in [1.82, 2.24) is 20.5 Å². The number of halogens is 2. The van der Waals surface area contributed by atoms with Crippen LogP contribution < -0.4 is 15.4 Å². The van der Waals surface area contributed by atoms with Crippen LogP contribution in [0, 0.1) is 11.7 Å². The molecular formula is C32H34ClFN4O4. The van der Waals surface area contributed by atoms with Crippen molar-refractivity contribution in [3.63, 3.8) is 0 Å². The molecule has 2 aromatic carbocycles. The molecule has 0 bridgehead atoms. The van der Waals surface area contributed by atoms with Gasteiger partial charge >= 0.3 is 6.09 Å². The highest BCUT2D eigenvalue weighted by molar-refractivity contribution is 6.34. The Morgan fingerprint density at radius 1 is 1.12 bits per heavy atom. The van der Waals surface area contributed by atoms with Gasteiger partial charge in [0.2, 0.25) is 0 Å². The number of hydrogen-bond acceptors (Lipinski definition) is 7. The number of pyridine rings is 1. The van der Waals surface area contributed by atoms with Crippen LogP contribution in [-0.2, 0) is 0 Å². The third-order valence-corrected chi connectivity index (χ3v) is 8.93. The van der Waals surface area contributed by atoms with Crippen molar-refractivity contribution in [2.24, 2.45) is 5.92 Å². The van der Waals surface area contributed by atoms with E-state index in [0.717, 1.165) is 5.69 Å². The fraction of sp³-hybridized carbons (Fsp3) is 0.375. The van der Waals surface area contributed by atoms with Gasteiger partial charge in [0, 0.05) is 49.3 Å². The number of ether oxygens (including phenoxy) is 1. The number of amides is 1. The van der Waals surface area contributed by atoms with Crippen molar-refractivity contribution in [3.8, 4) is 5.75 Å². The van der Waals surface area contributed by atoms with Crippen LogP contribution in [0.15, 0.2) is 60.8 Å². The van der Waals surface area contributed by atoms with Crippen LogP contribution in [0.5, 0.6) is 5.75 Å². The number of carbonyl (C=O) groups is 3. The smallest absolute Gasteiger partial charge is 0.410 e. The van der Waals surface area contributed by atoms with Crippen molar-refractivity contribution >= 4 is 29.3 Å². The molecule has 4 atom stereocenters. The molecule has 0 aliphatic carbocycles. The van der Waals surface area contributed by atoms with Crippen molar-refractivity contribution in [2.75, 3.05) is 26.7 Å². The molecule has 0 saturated carbocycles. The summed E-state index contributed by atoms with van der Waals surface area (Å²) in [6.07, 6.45) is 2.35. The summed E-state index contributed by atoms with van der Waals surface area (Å²) < 4.78 is 18.9. The molecule has 2 fully saturated rings. The average Bonchev–Trinajstić information content (AvgIpc) is 3.39. The summed E-state index contributed by atoms with van der Waals surface area (Å²) in [4.78, 5) is 46.0. The Hall–Kier alpha value is -3.66. The molecule has 1 aromatic heterocycles. The third-order valence-electron chi connectivity index (χ3n) is 8.62. The number of ketones is 2. The molecular weight excluding hydrogens is 559 g/mol. The second kappa shape index (κ2) is 12.3. The third kappa shape index (κ3) is 5.95. The number of carbonyl (C=O) groups excluding carboxylic acids is 3. The molecule has 0 spiro atoms. The number of likely N-dealkylation sites (N-methyl/N-ethyl adjacent to an activating group) is 1. The van der Waals surface area contributed by atoms with E-state index >= 15 is 0 Å². The first-order valence-electron chi connectivity index (χ1n) is 14.0. The zero-order valence-corrected chi connectivity index (χ0v) is 24.6. The number of aromatic nitrogens is 1. The van der Waals surface area contributed by atoms with Crippen LogP contribution in [-0.4, -0.2) is 59.8 Å². The Morgan fingerprint density at radius 3 is 2.57 bits per heavy atom. The van der Waals surface area contributed by atoms with E-state index in [1.165, 1.54) is 36.1 Å². The topological polar surface area (TPSA) is 101 Å². The van der Waals surface area contributed by atoms with E-state index in [1.807, 2.05) is 25.1 Å². The number of Topliss-reactive ketones (excluding diaryl/α,β-unsaturated/α-hetero) is 2. The maximum absolute atomic E-state index is 14.2. The molecule has 42 heavy (non-hydrogen) atoms. The summed E-state index contributed by atoms with van der Waals surface area (Å²) in [7, 11) is 1.64. The highest BCUT2D eigenvalue weighted by Gasteiger charge is 2.47. The lowest BCUT2D eigenvalue weighted by Crippen LogP contribution is -2.53. The first kappa shape index (κ1) is 29.8. The number of nitrogens with one attached hydrogen (secondary N) is 2. The molecule has 2 saturated heterocycles. The average molecular weight is 593 g/mol. The van der Waals surface area contributed by atoms with E-state index in [9.17, 15) is 18.8 Å². The minimum Gasteiger partial charge on any atom is -0.410 e. The van der Waals surface area contributed by atoms with E-state index in [-0.39, 0.29) is 40.2 Å². The number of hydrogen-bond donors (Lipinski definition) is 2. The lowest BCUT2D eigenvalue weighted by Gasteiger charge is -2.40. The van der Waals surface area contributed by atoms with Crippen molar-refractivity contribution in [2.45, 2.75) is 44.2 Å². The molecule has 3 heterocycles. The number of nitrogens with zero attached hydrogens (tertiary/aromatic N) is 2. The quantitative estimate of drug-likeness (QED) is 0.346. The maximum Gasteiger partial charge on any atom is 0.415 e. The second-order valence-corrected chi connectivity index (χ2v) is 11.7. The highest BCUT2D eigenvalue weighted by Crippen LogP contribution is 2.41. The van der Waals surface area contributed by atoms with Gasteiger partial charge in [-0.2, -0.15) is 0 Å². The Labute approximate surface area is 249 Å². The van der Waals surface area contributed by atoms with Crippen LogP contribution in [0.1, 0.15) is 70.6 Å². The van der Waals surface area contributed by atoms with Gasteiger partial charge in [0.05, 0.1) is 22.3 Å². The minimum absolute atomic E-state index is 0.0461. The first-order valence-corrected chi connectivity index (χ1v) is 14.4. The van der Waals surface area contributed by atoms with Crippen molar-refractivity contribution in [3.05, 3.63) is 94.0 Å². The molecule has 2 N–H and O–H groups in total. The van der Waals surface area contributed by atoms with Crippen LogP contribution >= 0.6 is 11.6 Å². The van der Waals surface area contributed by atoms with E-state index in [0.29, 0.717) is 49.2 Å². The van der Waals surface area contributed by atoms with Gasteiger partial charge < -0.3 is 20.3 Å². The van der Waals surface area contributed by atoms with E-state index in [1.54, 1.807) is 25.4 Å². The molecule has 8 nitrogen and oxygen atoms in total. The van der Waals surface area contributed by atoms with Gasteiger partial charge in [-0.3, -0.25) is 14.6 Å². The molecule has 220 valence electrons. The largest absolute Gasteiger partial charge is 0.415 e. The van der Waals surface area contributed by atoms with Gasteiger partial charge in [-0.05, 0) is 87.3 Å². The number of rotatable bonds is 7. The summed E-state index contributed by atoms with van der Waals surface area (Å²) >= 11 is 6.57. The first-order chi connectivity index (χ1) is 20.1. The minimum atomic E-state index is -0.821. The summed E-state index contributed by atoms with van der Waals surface area (Å²) in [6, 6.07) is 14.2. The SMILES string of the molecule is CC(=O)c1cc([C@H]2CNC[C@]2(C)N(C)C(=O)Oc2ccc(F)cc2)c(C(=O)C2CCNC(c3ccccn3)C2)cc1Cl. The van der Waals surface area contributed by atoms with Gasteiger partial charge in [-0.1, -0.05) is 17.7 Å². The molecule has 3 aromatic rings. The number of benzene rings is 2. The molecule has 2 aliphatic rings. The zero-order chi connectivity index (χ0) is 30.0. The zero-order valence-electron chi connectivity index (χ0n) is 23.8. The molecule has 1 amide bonds. The van der Waals surface area contributed by atoms with Gasteiger partial charge in [0.1, 0.15) is 11.6 Å². The molecule has 2 unspecified atom stereocenters. The number of piperidine rings is 1. The van der Waals surface area contributed by atoms with Gasteiger partial charge in [-0.25, -0.2) is 9.18 Å². The van der Waals surface area contributed by atoms with E-state index < -0.39 is 17.4 Å². The standard InChI is InChI=1S/C32H34ClFN4O4/c1-19(39)23-15-24(26-17-35-18-32(26,2)38(3)31(41)42-22-9-7-21(34)8-10-22)25(16-27(23)33)30(40)20-11-13-37-29(14-20)28-6-4-5-12-36-28/h4-10,12,15-16,20,26,29,35,37H,11,13-14,17-18H2,1-3H3/t20?,26-,29?,32+/m1/s1. The molecule has 2 aliphatic heterocycles. The Balaban J connectivity index is 1.48. The fourth-order valence-electron chi connectivity index (χ4n) is 6.03. The van der Waals surface area contributed by atoms with Crippen LogP contribution in [0.25, 0.3) is 0 Å². The molecule has 10 heteroatoms. The van der Waals surface area contributed by atoms with Gasteiger partial charge in [0.25, 0.3) is 0 Å². The monoisotopic (exact) mass is 592 g/mol. The Kier molecular flexibility index (Phi) is 8.73. The van der Waals surface area contributed by atoms with Crippen LogP contribution in [0.3, 0.4) is 0 Å². The Bertz CT molecular complexity index is 1490. The van der Waals surface area contributed by atoms with E-state index in [2.05, 4.69) is 15.6 Å². The second-order valence-electron chi connectivity index (χ2n) is 11.2. The van der Waals surface area contributed by atoms with Gasteiger partial charge in [0.15, 0.2) is 11.6 Å². The van der Waals surface area contributed by atoms with Crippen molar-refractivity contribution < 1.29 is 23.5 Å². The van der Waals surface area contributed by atoms with Crippen LogP contribution in [0.4, 0.5) is 9.18 Å². The van der Waals surface area contributed by atoms with E-state index in [4.69, 9.17) is 16.3 Å². The lowest BCUT2D eigenvalue weighted by molar-refractivity contribution is 0.0872. The Morgan fingerprint density at radius 2 is 1.88 bits per heavy atom. The highest BCUT2D eigenvalue weighted by atomic mass is 35.5.